The zero-order valence-electron chi connectivity index (χ0n) is 7.11. The fourth-order valence-electron chi connectivity index (χ4n) is 0.385. The minimum absolute atomic E-state index is 1.18. The third-order valence-corrected chi connectivity index (χ3v) is 0.758. The van der Waals surface area contributed by atoms with Crippen LogP contribution in [0.5, 0.6) is 0 Å². The Kier molecular flexibility index (Phi) is 17.2. The third-order valence-electron chi connectivity index (χ3n) is 0.758. The van der Waals surface area contributed by atoms with Crippen molar-refractivity contribution in [1.82, 2.24) is 0 Å². The molecule has 0 saturated carbocycles. The second kappa shape index (κ2) is 16.1. The molecule has 0 fully saturated rings. The normalized spacial score (nSPS) is 5.58. The smallest absolute Gasteiger partial charge is 0.0905 e. The summed E-state index contributed by atoms with van der Waals surface area (Å²) in [5.41, 5.74) is 0. The number of hydrogen-bond acceptors (Lipinski definition) is 1. The van der Waals surface area contributed by atoms with Gasteiger partial charge < -0.3 is 0 Å². The minimum atomic E-state index is 1.18. The Morgan fingerprint density at radius 1 is 0.917 bits per heavy atom. The van der Waals surface area contributed by atoms with Crippen LogP contribution in [0.1, 0.15) is 0 Å². The molecule has 12 heavy (non-hydrogen) atoms. The average Bonchev–Trinajstić information content (AvgIpc) is 2.24. The second-order valence-electron chi connectivity index (χ2n) is 1.49. The molecule has 1 nitrogen and oxygen atoms in total. The van der Waals surface area contributed by atoms with E-state index in [1.54, 1.807) is 6.07 Å². The lowest BCUT2D eigenvalue weighted by Gasteiger charge is -1.69. The van der Waals surface area contributed by atoms with Crippen LogP contribution in [-0.2, 0) is 0 Å². The number of hydrogen-bond donors (Lipinski definition) is 0. The molecule has 1 aromatic rings. The summed E-state index contributed by atoms with van der Waals surface area (Å²) in [6, 6.07) is 13.7. The summed E-state index contributed by atoms with van der Waals surface area (Å²) in [7, 11) is 0. The van der Waals surface area contributed by atoms with E-state index in [9.17, 15) is 0 Å². The van der Waals surface area contributed by atoms with Crippen molar-refractivity contribution in [2.24, 2.45) is 0 Å². The first-order chi connectivity index (χ1) is 5.91. The molecular formula is C11H13N. The monoisotopic (exact) mass is 159 g/mol. The summed E-state index contributed by atoms with van der Waals surface area (Å²) >= 11 is 0. The molecule has 0 aliphatic carbocycles. The summed E-state index contributed by atoms with van der Waals surface area (Å²) in [6.45, 7) is 9.12. The maximum Gasteiger partial charge on any atom is 0.0905 e. The number of rotatable bonds is 0. The molecule has 1 aromatic carbocycles. The summed E-state index contributed by atoms with van der Waals surface area (Å²) < 4.78 is 0. The van der Waals surface area contributed by atoms with Crippen molar-refractivity contribution in [1.29, 1.82) is 5.26 Å². The highest BCUT2D eigenvalue weighted by Gasteiger charge is 1.57. The molecule has 0 radical (unpaired) electrons. The van der Waals surface area contributed by atoms with Gasteiger partial charge in [-0.3, -0.25) is 0 Å². The third kappa shape index (κ3) is 15.7. The average molecular weight is 159 g/mol. The lowest BCUT2D eigenvalue weighted by atomic mass is 10.4. The topological polar surface area (TPSA) is 23.8 Å². The summed E-state index contributed by atoms with van der Waals surface area (Å²) in [5.74, 6) is 0. The van der Waals surface area contributed by atoms with Crippen LogP contribution < -0.4 is 0 Å². The molecule has 0 N–H and O–H groups in total. The van der Waals surface area contributed by atoms with Gasteiger partial charge >= 0.3 is 0 Å². The van der Waals surface area contributed by atoms with Crippen molar-refractivity contribution < 1.29 is 0 Å². The highest BCUT2D eigenvalue weighted by molar-refractivity contribution is 4.99. The van der Waals surface area contributed by atoms with Crippen LogP contribution in [0.3, 0.4) is 0 Å². The maximum absolute atomic E-state index is 7.51. The van der Waals surface area contributed by atoms with E-state index in [4.69, 9.17) is 5.26 Å². The van der Waals surface area contributed by atoms with Crippen molar-refractivity contribution in [3.05, 3.63) is 62.2 Å². The highest BCUT2D eigenvalue weighted by Crippen LogP contribution is 1.79. The molecule has 0 atom stereocenters. The van der Waals surface area contributed by atoms with E-state index in [0.717, 1.165) is 0 Å². The molecule has 62 valence electrons. The molecule has 0 aromatic heterocycles. The Hall–Kier alpha value is -1.81. The molecule has 1 heteroatoms. The Labute approximate surface area is 74.3 Å². The number of benzene rings is 1. The lowest BCUT2D eigenvalue weighted by Crippen LogP contribution is -1.47. The highest BCUT2D eigenvalue weighted by atomic mass is 14.2. The predicted molar refractivity (Wildman–Crippen MR) is 53.5 cm³/mol. The first kappa shape index (κ1) is 12.8. The van der Waals surface area contributed by atoms with E-state index in [1.807, 2.05) is 36.4 Å². The van der Waals surface area contributed by atoms with Gasteiger partial charge in [-0.2, -0.15) is 5.26 Å². The van der Waals surface area contributed by atoms with E-state index in [-0.39, 0.29) is 0 Å². The van der Waals surface area contributed by atoms with Crippen molar-refractivity contribution in [2.75, 3.05) is 0 Å². The van der Waals surface area contributed by atoms with Crippen LogP contribution in [0.4, 0.5) is 0 Å². The maximum atomic E-state index is 7.51. The second-order valence-corrected chi connectivity index (χ2v) is 1.49. The van der Waals surface area contributed by atoms with Gasteiger partial charge in [-0.25, -0.2) is 0 Å². The summed E-state index contributed by atoms with van der Waals surface area (Å²) in [5, 5.41) is 7.51. The van der Waals surface area contributed by atoms with Crippen LogP contribution in [-0.4, -0.2) is 0 Å². The van der Waals surface area contributed by atoms with Crippen molar-refractivity contribution >= 4 is 0 Å². The van der Waals surface area contributed by atoms with Gasteiger partial charge in [0.25, 0.3) is 0 Å². The van der Waals surface area contributed by atoms with Crippen molar-refractivity contribution in [3.63, 3.8) is 0 Å². The van der Waals surface area contributed by atoms with Crippen LogP contribution in [0, 0.1) is 11.3 Å². The SMILES string of the molecule is C=C.C=CC#N.c1ccccc1. The molecule has 0 amide bonds. The molecule has 0 aliphatic rings. The molecule has 0 bridgehead atoms. The van der Waals surface area contributed by atoms with Crippen molar-refractivity contribution in [3.8, 4) is 6.07 Å². The lowest BCUT2D eigenvalue weighted by molar-refractivity contribution is 1.54. The van der Waals surface area contributed by atoms with Crippen LogP contribution in [0.25, 0.3) is 0 Å². The van der Waals surface area contributed by atoms with Gasteiger partial charge in [0, 0.05) is 6.08 Å². The van der Waals surface area contributed by atoms with Gasteiger partial charge in [0.05, 0.1) is 6.07 Å². The van der Waals surface area contributed by atoms with Gasteiger partial charge in [0.15, 0.2) is 0 Å². The molecule has 0 spiro atoms. The Balaban J connectivity index is 0. The minimum Gasteiger partial charge on any atom is -0.193 e. The first-order valence-corrected chi connectivity index (χ1v) is 3.42. The zero-order chi connectivity index (χ0) is 9.66. The van der Waals surface area contributed by atoms with E-state index in [2.05, 4.69) is 19.7 Å². The molecule has 0 unspecified atom stereocenters. The quantitative estimate of drug-likeness (QED) is 0.421. The van der Waals surface area contributed by atoms with Gasteiger partial charge in [-0.05, 0) is 0 Å². The van der Waals surface area contributed by atoms with Gasteiger partial charge in [-0.1, -0.05) is 43.0 Å². The van der Waals surface area contributed by atoms with E-state index in [1.165, 1.54) is 6.08 Å². The zero-order valence-corrected chi connectivity index (χ0v) is 7.11. The Bertz CT molecular complexity index is 181. The predicted octanol–water partition coefficient (Wildman–Crippen LogP) is 3.18. The van der Waals surface area contributed by atoms with Gasteiger partial charge in [0.1, 0.15) is 0 Å². The number of nitriles is 1. The molecule has 0 heterocycles. The number of nitrogens with zero attached hydrogens (tertiary/aromatic N) is 1. The molecule has 0 saturated heterocycles. The fraction of sp³-hybridized carbons (Fsp3) is 0. The first-order valence-electron chi connectivity index (χ1n) is 3.42. The molecule has 1 rings (SSSR count). The van der Waals surface area contributed by atoms with Crippen LogP contribution >= 0.6 is 0 Å². The van der Waals surface area contributed by atoms with E-state index < -0.39 is 0 Å². The van der Waals surface area contributed by atoms with Crippen molar-refractivity contribution in [2.45, 2.75) is 0 Å². The largest absolute Gasteiger partial charge is 0.193 e. The molecule has 0 aliphatic heterocycles. The van der Waals surface area contributed by atoms with Crippen LogP contribution in [0.2, 0.25) is 0 Å². The Morgan fingerprint density at radius 2 is 1.08 bits per heavy atom. The van der Waals surface area contributed by atoms with E-state index in [0.29, 0.717) is 0 Å². The Morgan fingerprint density at radius 3 is 1.17 bits per heavy atom. The molecular weight excluding hydrogens is 146 g/mol. The summed E-state index contributed by atoms with van der Waals surface area (Å²) in [4.78, 5) is 0. The standard InChI is InChI=1S/C6H6.C3H3N.C2H4/c1-2-4-6-5-3-1;1-2-3-4;1-2/h1-6H;2H,1H2;1-2H2. The van der Waals surface area contributed by atoms with E-state index >= 15 is 0 Å². The number of allylic oxidation sites excluding steroid dienone is 1. The van der Waals surface area contributed by atoms with Crippen LogP contribution in [0.15, 0.2) is 62.2 Å². The fourth-order valence-corrected chi connectivity index (χ4v) is 0.385. The van der Waals surface area contributed by atoms with Gasteiger partial charge in [0.2, 0.25) is 0 Å². The van der Waals surface area contributed by atoms with Gasteiger partial charge in [-0.15, -0.1) is 13.2 Å². The summed E-state index contributed by atoms with van der Waals surface area (Å²) in [6.07, 6.45) is 1.18.